The number of benzene rings is 1. The van der Waals surface area contributed by atoms with Gasteiger partial charge in [-0.3, -0.25) is 9.80 Å². The maximum atomic E-state index is 12.7. The minimum atomic E-state index is -1.38. The van der Waals surface area contributed by atoms with E-state index in [2.05, 4.69) is 4.98 Å². The second-order valence-corrected chi connectivity index (χ2v) is 6.82. The van der Waals surface area contributed by atoms with Crippen LogP contribution in [0.5, 0.6) is 0 Å². The lowest BCUT2D eigenvalue weighted by molar-refractivity contribution is -0.139. The molecule has 1 atom stereocenters. The number of para-hydroxylation sites is 1. The molecule has 2 heterocycles. The molecule has 0 saturated carbocycles. The Labute approximate surface area is 136 Å². The molecule has 116 valence electrons. The van der Waals surface area contributed by atoms with Crippen molar-refractivity contribution in [3.63, 3.8) is 0 Å². The Bertz CT molecular complexity index is 813. The van der Waals surface area contributed by atoms with Crippen LogP contribution in [-0.4, -0.2) is 35.3 Å². The zero-order valence-electron chi connectivity index (χ0n) is 11.9. The molecule has 22 heavy (non-hydrogen) atoms. The normalized spacial score (nSPS) is 17.6. The van der Waals surface area contributed by atoms with Crippen LogP contribution < -0.4 is 10.6 Å². The predicted molar refractivity (Wildman–Crippen MR) is 83.9 cm³/mol. The Kier molecular flexibility index (Phi) is 3.53. The van der Waals surface area contributed by atoms with E-state index in [4.69, 9.17) is 27.9 Å². The van der Waals surface area contributed by atoms with Gasteiger partial charge >= 0.3 is 5.97 Å². The standard InChI is InChI=1S/C14H13Cl2N3O3/c1-14(15,16)13-17-9-6-4-3-5-8(9)11(20)19(13)18-7-10(18)12(21)22-2/h3-6,10H,7H2,1-2H3. The summed E-state index contributed by atoms with van der Waals surface area (Å²) < 4.78 is 4.58. The molecule has 3 rings (SSSR count). The van der Waals surface area contributed by atoms with Gasteiger partial charge in [-0.15, -0.1) is 0 Å². The van der Waals surface area contributed by atoms with E-state index in [-0.39, 0.29) is 11.4 Å². The maximum Gasteiger partial charge on any atom is 0.332 e. The number of nitrogens with zero attached hydrogens (tertiary/aromatic N) is 3. The number of methoxy groups -OCH3 is 1. The quantitative estimate of drug-likeness (QED) is 0.481. The summed E-state index contributed by atoms with van der Waals surface area (Å²) in [5, 5.41) is 1.96. The summed E-state index contributed by atoms with van der Waals surface area (Å²) in [4.78, 5) is 28.8. The molecule has 0 bridgehead atoms. The highest BCUT2D eigenvalue weighted by Crippen LogP contribution is 2.33. The number of fused-ring (bicyclic) bond motifs is 1. The van der Waals surface area contributed by atoms with E-state index in [9.17, 15) is 9.59 Å². The zero-order chi connectivity index (χ0) is 16.1. The van der Waals surface area contributed by atoms with Crippen LogP contribution in [0.1, 0.15) is 12.7 Å². The molecular weight excluding hydrogens is 329 g/mol. The summed E-state index contributed by atoms with van der Waals surface area (Å²) in [6.45, 7) is 1.88. The molecule has 1 aliphatic heterocycles. The minimum absolute atomic E-state index is 0.172. The topological polar surface area (TPSA) is 64.2 Å². The third kappa shape index (κ3) is 2.42. The van der Waals surface area contributed by atoms with Gasteiger partial charge < -0.3 is 4.74 Å². The van der Waals surface area contributed by atoms with Crippen LogP contribution in [0.2, 0.25) is 0 Å². The Hall–Kier alpha value is -1.79. The number of esters is 1. The van der Waals surface area contributed by atoms with Crippen molar-refractivity contribution in [2.24, 2.45) is 0 Å². The first-order chi connectivity index (χ1) is 10.3. The summed E-state index contributed by atoms with van der Waals surface area (Å²) in [6, 6.07) is 6.37. The molecule has 0 N–H and O–H groups in total. The molecule has 0 amide bonds. The SMILES string of the molecule is COC(=O)C1CN1n1c(C(C)(Cl)Cl)nc2ccccc2c1=O. The summed E-state index contributed by atoms with van der Waals surface area (Å²) in [6.07, 6.45) is 0. The largest absolute Gasteiger partial charge is 0.467 e. The molecule has 8 heteroatoms. The second-order valence-electron chi connectivity index (χ2n) is 5.12. The van der Waals surface area contributed by atoms with Crippen molar-refractivity contribution in [2.75, 3.05) is 18.7 Å². The van der Waals surface area contributed by atoms with Crippen LogP contribution in [0, 0.1) is 0 Å². The van der Waals surface area contributed by atoms with Crippen molar-refractivity contribution >= 4 is 40.1 Å². The third-order valence-corrected chi connectivity index (χ3v) is 3.80. The second kappa shape index (κ2) is 5.14. The average molecular weight is 342 g/mol. The van der Waals surface area contributed by atoms with E-state index in [0.29, 0.717) is 17.4 Å². The van der Waals surface area contributed by atoms with Crippen molar-refractivity contribution < 1.29 is 9.53 Å². The molecule has 1 fully saturated rings. The number of ether oxygens (including phenoxy) is 1. The summed E-state index contributed by atoms with van der Waals surface area (Å²) >= 11 is 12.3. The van der Waals surface area contributed by atoms with E-state index in [1.54, 1.807) is 24.3 Å². The molecule has 0 radical (unpaired) electrons. The van der Waals surface area contributed by atoms with Crippen molar-refractivity contribution in [1.82, 2.24) is 9.66 Å². The highest BCUT2D eigenvalue weighted by atomic mass is 35.5. The lowest BCUT2D eigenvalue weighted by Crippen LogP contribution is -2.38. The highest BCUT2D eigenvalue weighted by molar-refractivity contribution is 6.47. The van der Waals surface area contributed by atoms with E-state index in [1.165, 1.54) is 23.7 Å². The number of carbonyl (C=O) groups excluding carboxylic acids is 1. The molecule has 1 aromatic heterocycles. The van der Waals surface area contributed by atoms with Crippen molar-refractivity contribution in [1.29, 1.82) is 0 Å². The summed E-state index contributed by atoms with van der Waals surface area (Å²) in [5.74, 6) is -0.247. The predicted octanol–water partition coefficient (Wildman–Crippen LogP) is 1.54. The zero-order valence-corrected chi connectivity index (χ0v) is 13.4. The number of hydrogen-bond acceptors (Lipinski definition) is 5. The molecule has 2 aromatic rings. The first-order valence-electron chi connectivity index (χ1n) is 6.59. The fraction of sp³-hybridized carbons (Fsp3) is 0.357. The van der Waals surface area contributed by atoms with Crippen LogP contribution in [0.15, 0.2) is 29.1 Å². The van der Waals surface area contributed by atoms with Gasteiger partial charge in [0.2, 0.25) is 0 Å². The smallest absolute Gasteiger partial charge is 0.332 e. The summed E-state index contributed by atoms with van der Waals surface area (Å²) in [7, 11) is 1.30. The van der Waals surface area contributed by atoms with Crippen LogP contribution in [0.4, 0.5) is 0 Å². The van der Waals surface area contributed by atoms with Crippen LogP contribution in [-0.2, 0) is 13.9 Å². The van der Waals surface area contributed by atoms with Crippen molar-refractivity contribution in [2.45, 2.75) is 17.3 Å². The maximum absolute atomic E-state index is 12.7. The number of alkyl halides is 2. The number of halogens is 2. The van der Waals surface area contributed by atoms with Gasteiger partial charge in [0.1, 0.15) is 0 Å². The highest BCUT2D eigenvalue weighted by Gasteiger charge is 2.45. The van der Waals surface area contributed by atoms with E-state index in [0.717, 1.165) is 0 Å². The summed E-state index contributed by atoms with van der Waals surface area (Å²) in [5.41, 5.74) is 0.183. The van der Waals surface area contributed by atoms with Crippen molar-refractivity contribution in [3.05, 3.63) is 40.4 Å². The lowest BCUT2D eigenvalue weighted by Gasteiger charge is -2.21. The fourth-order valence-electron chi connectivity index (χ4n) is 2.33. The molecule has 1 aliphatic rings. The number of aromatic nitrogens is 2. The lowest BCUT2D eigenvalue weighted by atomic mass is 10.2. The Morgan fingerprint density at radius 2 is 2.09 bits per heavy atom. The van der Waals surface area contributed by atoms with Gasteiger partial charge in [0, 0.05) is 0 Å². The Morgan fingerprint density at radius 1 is 1.41 bits per heavy atom. The first-order valence-corrected chi connectivity index (χ1v) is 7.35. The Morgan fingerprint density at radius 3 is 2.73 bits per heavy atom. The molecule has 0 aliphatic carbocycles. The van der Waals surface area contributed by atoms with Crippen LogP contribution in [0.3, 0.4) is 0 Å². The Balaban J connectivity index is 2.22. The number of carbonyl (C=O) groups is 1. The van der Waals surface area contributed by atoms with Gasteiger partial charge in [-0.1, -0.05) is 35.3 Å². The molecule has 6 nitrogen and oxygen atoms in total. The average Bonchev–Trinajstić information content (AvgIpc) is 3.25. The van der Waals surface area contributed by atoms with Crippen LogP contribution >= 0.6 is 23.2 Å². The number of hydrogen-bond donors (Lipinski definition) is 0. The van der Waals surface area contributed by atoms with Crippen LogP contribution in [0.25, 0.3) is 10.9 Å². The van der Waals surface area contributed by atoms with Gasteiger partial charge in [0.15, 0.2) is 16.2 Å². The van der Waals surface area contributed by atoms with Gasteiger partial charge in [0.05, 0.1) is 24.6 Å². The fourth-order valence-corrected chi connectivity index (χ4v) is 2.57. The van der Waals surface area contributed by atoms with Gasteiger partial charge in [-0.2, -0.15) is 0 Å². The number of rotatable bonds is 3. The molecule has 1 saturated heterocycles. The van der Waals surface area contributed by atoms with Crippen molar-refractivity contribution in [3.8, 4) is 0 Å². The molecule has 0 spiro atoms. The monoisotopic (exact) mass is 341 g/mol. The van der Waals surface area contributed by atoms with Gasteiger partial charge in [0.25, 0.3) is 5.56 Å². The van der Waals surface area contributed by atoms with Gasteiger partial charge in [-0.25, -0.2) is 14.5 Å². The first kappa shape index (κ1) is 15.1. The molecule has 1 aromatic carbocycles. The van der Waals surface area contributed by atoms with E-state index in [1.807, 2.05) is 0 Å². The third-order valence-electron chi connectivity index (χ3n) is 3.46. The van der Waals surface area contributed by atoms with Gasteiger partial charge in [-0.05, 0) is 19.1 Å². The minimum Gasteiger partial charge on any atom is -0.467 e. The molecular formula is C14H13Cl2N3O3. The van der Waals surface area contributed by atoms with E-state index < -0.39 is 16.3 Å². The molecule has 1 unspecified atom stereocenters. The van der Waals surface area contributed by atoms with E-state index >= 15 is 0 Å².